The molecule has 0 aliphatic heterocycles. The summed E-state index contributed by atoms with van der Waals surface area (Å²) in [7, 11) is -3.25. The molecule has 19 heavy (non-hydrogen) atoms. The molecule has 1 rings (SSSR count). The number of hydrogen-bond donors (Lipinski definition) is 1. The van der Waals surface area contributed by atoms with Gasteiger partial charge in [0.1, 0.15) is 0 Å². The van der Waals surface area contributed by atoms with E-state index in [2.05, 4.69) is 0 Å². The van der Waals surface area contributed by atoms with Crippen molar-refractivity contribution in [3.05, 3.63) is 24.3 Å². The lowest BCUT2D eigenvalue weighted by molar-refractivity contribution is 0.301. The van der Waals surface area contributed by atoms with E-state index in [1.807, 2.05) is 30.9 Å². The van der Waals surface area contributed by atoms with Gasteiger partial charge < -0.3 is 10.0 Å². The monoisotopic (exact) mass is 285 g/mol. The molecule has 0 aromatic heterocycles. The molecule has 0 amide bonds. The highest BCUT2D eigenvalue weighted by Crippen LogP contribution is 2.26. The maximum atomic E-state index is 12.3. The van der Waals surface area contributed by atoms with Crippen LogP contribution in [0.15, 0.2) is 29.2 Å². The van der Waals surface area contributed by atoms with Gasteiger partial charge in [-0.3, -0.25) is 0 Å². The summed E-state index contributed by atoms with van der Waals surface area (Å²) in [5.74, 6) is 0.156. The third-order valence-electron chi connectivity index (χ3n) is 2.88. The van der Waals surface area contributed by atoms with Crippen LogP contribution in [0.1, 0.15) is 26.7 Å². The van der Waals surface area contributed by atoms with Crippen molar-refractivity contribution in [2.75, 3.05) is 30.3 Å². The smallest absolute Gasteiger partial charge is 0.180 e. The summed E-state index contributed by atoms with van der Waals surface area (Å²) < 4.78 is 24.6. The number of aliphatic hydroxyl groups excluding tert-OH is 1. The Balaban J connectivity index is 3.20. The second-order valence-corrected chi connectivity index (χ2v) is 6.57. The van der Waals surface area contributed by atoms with Crippen molar-refractivity contribution in [3.8, 4) is 0 Å². The highest BCUT2D eigenvalue weighted by molar-refractivity contribution is 7.91. The van der Waals surface area contributed by atoms with E-state index in [4.69, 9.17) is 5.11 Å². The van der Waals surface area contributed by atoms with E-state index in [-0.39, 0.29) is 12.4 Å². The van der Waals surface area contributed by atoms with E-state index in [0.29, 0.717) is 23.5 Å². The topological polar surface area (TPSA) is 57.6 Å². The van der Waals surface area contributed by atoms with Gasteiger partial charge in [-0.15, -0.1) is 0 Å². The van der Waals surface area contributed by atoms with Crippen LogP contribution in [0.5, 0.6) is 0 Å². The molecule has 5 heteroatoms. The van der Waals surface area contributed by atoms with Gasteiger partial charge in [-0.25, -0.2) is 8.42 Å². The summed E-state index contributed by atoms with van der Waals surface area (Å²) in [6.07, 6.45) is 1.51. The summed E-state index contributed by atoms with van der Waals surface area (Å²) in [4.78, 5) is 2.31. The Bertz CT molecular complexity index is 479. The number of anilines is 1. The summed E-state index contributed by atoms with van der Waals surface area (Å²) >= 11 is 0. The zero-order valence-electron chi connectivity index (χ0n) is 11.7. The Hall–Kier alpha value is -1.07. The molecular formula is C14H23NO3S. The first-order chi connectivity index (χ1) is 9.06. The molecule has 0 bridgehead atoms. The van der Waals surface area contributed by atoms with Crippen molar-refractivity contribution in [1.29, 1.82) is 0 Å². The van der Waals surface area contributed by atoms with Crippen molar-refractivity contribution in [3.63, 3.8) is 0 Å². The summed E-state index contributed by atoms with van der Waals surface area (Å²) in [6, 6.07) is 7.05. The molecule has 108 valence electrons. The summed E-state index contributed by atoms with van der Waals surface area (Å²) in [5.41, 5.74) is 0.701. The van der Waals surface area contributed by atoms with Crippen LogP contribution < -0.4 is 4.90 Å². The standard InChI is InChI=1S/C14H23NO3S/c1-3-9-15(10-11-16)13-7-5-6-8-14(13)19(17,18)12-4-2/h5-8,16H,3-4,9-12H2,1-2H3. The van der Waals surface area contributed by atoms with Crippen LogP contribution >= 0.6 is 0 Å². The van der Waals surface area contributed by atoms with Gasteiger partial charge in [0.05, 0.1) is 22.9 Å². The van der Waals surface area contributed by atoms with Crippen molar-refractivity contribution >= 4 is 15.5 Å². The molecule has 4 nitrogen and oxygen atoms in total. The molecule has 0 heterocycles. The Kier molecular flexibility index (Phi) is 6.31. The molecule has 1 aromatic carbocycles. The van der Waals surface area contributed by atoms with Crippen LogP contribution in [0.2, 0.25) is 0 Å². The fraction of sp³-hybridized carbons (Fsp3) is 0.571. The number of hydrogen-bond acceptors (Lipinski definition) is 4. The normalized spacial score (nSPS) is 11.5. The van der Waals surface area contributed by atoms with E-state index in [1.54, 1.807) is 12.1 Å². The molecule has 0 saturated heterocycles. The molecule has 0 saturated carbocycles. The Labute approximate surface area is 116 Å². The zero-order chi connectivity index (χ0) is 14.3. The zero-order valence-corrected chi connectivity index (χ0v) is 12.5. The minimum atomic E-state index is -3.25. The van der Waals surface area contributed by atoms with Gasteiger partial charge in [0, 0.05) is 13.1 Å². The lowest BCUT2D eigenvalue weighted by Gasteiger charge is -2.25. The summed E-state index contributed by atoms with van der Waals surface area (Å²) in [5, 5.41) is 9.13. The average Bonchev–Trinajstić information content (AvgIpc) is 2.38. The molecule has 0 fully saturated rings. The third-order valence-corrected chi connectivity index (χ3v) is 4.84. The molecular weight excluding hydrogens is 262 g/mol. The molecule has 0 radical (unpaired) electrons. The van der Waals surface area contributed by atoms with Crippen molar-refractivity contribution in [1.82, 2.24) is 0 Å². The predicted molar refractivity (Wildman–Crippen MR) is 78.4 cm³/mol. The first-order valence-corrected chi connectivity index (χ1v) is 8.39. The van der Waals surface area contributed by atoms with Gasteiger partial charge >= 0.3 is 0 Å². The lowest BCUT2D eigenvalue weighted by atomic mass is 10.2. The van der Waals surface area contributed by atoms with Crippen LogP contribution in [0.4, 0.5) is 5.69 Å². The fourth-order valence-corrected chi connectivity index (χ4v) is 3.66. The van der Waals surface area contributed by atoms with Crippen LogP contribution in [0.3, 0.4) is 0 Å². The SMILES string of the molecule is CCCN(CCO)c1ccccc1S(=O)(=O)CCC. The highest BCUT2D eigenvalue weighted by atomic mass is 32.2. The summed E-state index contributed by atoms with van der Waals surface area (Å²) in [6.45, 7) is 5.10. The number of sulfone groups is 1. The second kappa shape index (κ2) is 7.50. The number of nitrogens with zero attached hydrogens (tertiary/aromatic N) is 1. The molecule has 1 N–H and O–H groups in total. The Morgan fingerprint density at radius 2 is 1.79 bits per heavy atom. The first-order valence-electron chi connectivity index (χ1n) is 6.74. The van der Waals surface area contributed by atoms with Gasteiger partial charge in [-0.05, 0) is 25.0 Å². The van der Waals surface area contributed by atoms with Crippen LogP contribution in [-0.4, -0.2) is 39.0 Å². The third kappa shape index (κ3) is 4.21. The quantitative estimate of drug-likeness (QED) is 0.794. The van der Waals surface area contributed by atoms with Crippen molar-refractivity contribution < 1.29 is 13.5 Å². The second-order valence-electron chi connectivity index (χ2n) is 4.50. The molecule has 1 aromatic rings. The van der Waals surface area contributed by atoms with E-state index in [0.717, 1.165) is 13.0 Å². The van der Waals surface area contributed by atoms with Crippen LogP contribution in [0.25, 0.3) is 0 Å². The predicted octanol–water partition coefficient (Wildman–Crippen LogP) is 2.08. The lowest BCUT2D eigenvalue weighted by Crippen LogP contribution is -2.29. The molecule has 0 unspecified atom stereocenters. The minimum absolute atomic E-state index is 0.0160. The van der Waals surface area contributed by atoms with E-state index >= 15 is 0 Å². The van der Waals surface area contributed by atoms with E-state index in [1.165, 1.54) is 0 Å². The molecule has 0 spiro atoms. The molecule has 0 aliphatic rings. The number of para-hydroxylation sites is 1. The Morgan fingerprint density at radius 3 is 2.37 bits per heavy atom. The van der Waals surface area contributed by atoms with Gasteiger partial charge in [0.2, 0.25) is 0 Å². The molecule has 0 aliphatic carbocycles. The number of aliphatic hydroxyl groups is 1. The minimum Gasteiger partial charge on any atom is -0.395 e. The van der Waals surface area contributed by atoms with Gasteiger partial charge in [-0.2, -0.15) is 0 Å². The van der Waals surface area contributed by atoms with Crippen LogP contribution in [-0.2, 0) is 9.84 Å². The van der Waals surface area contributed by atoms with E-state index < -0.39 is 9.84 Å². The van der Waals surface area contributed by atoms with Crippen molar-refractivity contribution in [2.24, 2.45) is 0 Å². The van der Waals surface area contributed by atoms with Crippen LogP contribution in [0, 0.1) is 0 Å². The van der Waals surface area contributed by atoms with Gasteiger partial charge in [0.25, 0.3) is 0 Å². The number of rotatable bonds is 8. The van der Waals surface area contributed by atoms with Crippen molar-refractivity contribution in [2.45, 2.75) is 31.6 Å². The van der Waals surface area contributed by atoms with E-state index in [9.17, 15) is 8.42 Å². The van der Waals surface area contributed by atoms with Gasteiger partial charge in [0.15, 0.2) is 9.84 Å². The molecule has 0 atom stereocenters. The number of benzene rings is 1. The first kappa shape index (κ1) is 16.0. The fourth-order valence-electron chi connectivity index (χ4n) is 2.10. The Morgan fingerprint density at radius 1 is 1.11 bits per heavy atom. The average molecular weight is 285 g/mol. The maximum Gasteiger partial charge on any atom is 0.180 e. The largest absolute Gasteiger partial charge is 0.395 e. The highest BCUT2D eigenvalue weighted by Gasteiger charge is 2.20. The van der Waals surface area contributed by atoms with Gasteiger partial charge in [-0.1, -0.05) is 26.0 Å². The maximum absolute atomic E-state index is 12.3.